The standard InChI is InChI=1S/C23H20O5/c1-11(24)28-19-5-13-9-27-10-16(13)21-15(19)7-17-22(21)20-12(8-23(17,2)3)4-14(25)6-18(20)26/h5,7,9-10,22H,4,6,8H2,1-3H3. The number of ether oxygens (including phenoxy) is 1. The molecule has 1 heterocycles. The fraction of sp³-hybridized carbons (Fsp3) is 0.348. The zero-order valence-corrected chi connectivity index (χ0v) is 16.0. The average molecular weight is 376 g/mol. The highest BCUT2D eigenvalue weighted by molar-refractivity contribution is 6.14. The van der Waals surface area contributed by atoms with E-state index >= 15 is 0 Å². The van der Waals surface area contributed by atoms with Gasteiger partial charge in [0, 0.05) is 41.2 Å². The predicted octanol–water partition coefficient (Wildman–Crippen LogP) is 4.50. The summed E-state index contributed by atoms with van der Waals surface area (Å²) >= 11 is 0. The van der Waals surface area contributed by atoms with Gasteiger partial charge in [0.1, 0.15) is 11.5 Å². The monoisotopic (exact) mass is 376 g/mol. The Labute approximate surface area is 162 Å². The predicted molar refractivity (Wildman–Crippen MR) is 103 cm³/mol. The van der Waals surface area contributed by atoms with Crippen molar-refractivity contribution in [1.29, 1.82) is 0 Å². The second kappa shape index (κ2) is 5.53. The van der Waals surface area contributed by atoms with Gasteiger partial charge in [-0.15, -0.1) is 0 Å². The average Bonchev–Trinajstić information content (AvgIpc) is 3.17. The lowest BCUT2D eigenvalue weighted by Crippen LogP contribution is -2.33. The molecule has 1 aromatic heterocycles. The van der Waals surface area contributed by atoms with E-state index < -0.39 is 5.97 Å². The van der Waals surface area contributed by atoms with Crippen molar-refractivity contribution < 1.29 is 23.5 Å². The molecule has 5 heteroatoms. The number of carbonyl (C=O) groups is 3. The number of Topliss-reactive ketones (excluding diaryl/α,β-unsaturated/α-hetero) is 2. The molecule has 1 unspecified atom stereocenters. The first-order valence-corrected chi connectivity index (χ1v) is 9.46. The van der Waals surface area contributed by atoms with Crippen LogP contribution in [0.4, 0.5) is 0 Å². The van der Waals surface area contributed by atoms with Gasteiger partial charge in [-0.25, -0.2) is 0 Å². The van der Waals surface area contributed by atoms with Crippen LogP contribution in [0.3, 0.4) is 0 Å². The molecule has 5 rings (SSSR count). The Morgan fingerprint density at radius 1 is 1.21 bits per heavy atom. The Morgan fingerprint density at radius 2 is 2.00 bits per heavy atom. The summed E-state index contributed by atoms with van der Waals surface area (Å²) in [5.74, 6) is -0.218. The zero-order valence-electron chi connectivity index (χ0n) is 16.0. The van der Waals surface area contributed by atoms with Gasteiger partial charge in [0.15, 0.2) is 5.78 Å². The van der Waals surface area contributed by atoms with E-state index in [1.54, 1.807) is 12.5 Å². The maximum absolute atomic E-state index is 12.9. The number of ketones is 2. The normalized spacial score (nSPS) is 22.7. The van der Waals surface area contributed by atoms with Gasteiger partial charge >= 0.3 is 5.97 Å². The lowest BCUT2D eigenvalue weighted by Gasteiger charge is -2.41. The molecule has 142 valence electrons. The lowest BCUT2D eigenvalue weighted by molar-refractivity contribution is -0.132. The Morgan fingerprint density at radius 3 is 2.75 bits per heavy atom. The van der Waals surface area contributed by atoms with Crippen LogP contribution in [-0.4, -0.2) is 17.5 Å². The molecular formula is C23H20O5. The van der Waals surface area contributed by atoms with E-state index in [1.807, 2.05) is 6.07 Å². The van der Waals surface area contributed by atoms with Gasteiger partial charge in [-0.3, -0.25) is 14.4 Å². The van der Waals surface area contributed by atoms with Crippen LogP contribution in [0.25, 0.3) is 16.8 Å². The molecule has 0 spiro atoms. The highest BCUT2D eigenvalue weighted by Gasteiger charge is 2.47. The van der Waals surface area contributed by atoms with E-state index in [9.17, 15) is 14.4 Å². The zero-order chi connectivity index (χ0) is 19.8. The molecule has 0 saturated heterocycles. The summed E-state index contributed by atoms with van der Waals surface area (Å²) in [7, 11) is 0. The molecule has 0 saturated carbocycles. The van der Waals surface area contributed by atoms with Gasteiger partial charge in [0.2, 0.25) is 0 Å². The minimum Gasteiger partial charge on any atom is -0.471 e. The van der Waals surface area contributed by atoms with Crippen molar-refractivity contribution >= 4 is 34.4 Å². The van der Waals surface area contributed by atoms with Gasteiger partial charge < -0.3 is 9.15 Å². The van der Waals surface area contributed by atoms with Crippen LogP contribution in [0.1, 0.15) is 57.1 Å². The second-order valence-electron chi connectivity index (χ2n) is 8.60. The third kappa shape index (κ3) is 2.28. The molecular weight excluding hydrogens is 356 g/mol. The fourth-order valence-corrected chi connectivity index (χ4v) is 5.14. The van der Waals surface area contributed by atoms with E-state index in [1.165, 1.54) is 6.92 Å². The van der Waals surface area contributed by atoms with Gasteiger partial charge in [-0.1, -0.05) is 31.1 Å². The fourth-order valence-electron chi connectivity index (χ4n) is 5.14. The highest BCUT2D eigenvalue weighted by atomic mass is 16.5. The molecule has 3 aliphatic carbocycles. The summed E-state index contributed by atoms with van der Waals surface area (Å²) < 4.78 is 11.0. The van der Waals surface area contributed by atoms with Crippen LogP contribution >= 0.6 is 0 Å². The summed E-state index contributed by atoms with van der Waals surface area (Å²) in [5, 5.41) is 1.74. The number of furan rings is 1. The van der Waals surface area contributed by atoms with Gasteiger partial charge in [-0.05, 0) is 23.5 Å². The van der Waals surface area contributed by atoms with Crippen LogP contribution in [0.5, 0.6) is 5.75 Å². The van der Waals surface area contributed by atoms with Gasteiger partial charge in [0.25, 0.3) is 0 Å². The van der Waals surface area contributed by atoms with Crippen molar-refractivity contribution in [3.8, 4) is 5.75 Å². The number of esters is 1. The molecule has 1 atom stereocenters. The van der Waals surface area contributed by atoms with Crippen LogP contribution in [0.15, 0.2) is 39.7 Å². The summed E-state index contributed by atoms with van der Waals surface area (Å²) in [6, 6.07) is 1.81. The summed E-state index contributed by atoms with van der Waals surface area (Å²) in [5.41, 5.74) is 4.41. The minimum atomic E-state index is -0.392. The number of rotatable bonds is 1. The maximum atomic E-state index is 12.9. The van der Waals surface area contributed by atoms with E-state index in [0.29, 0.717) is 18.6 Å². The van der Waals surface area contributed by atoms with Crippen molar-refractivity contribution in [3.05, 3.63) is 46.4 Å². The molecule has 28 heavy (non-hydrogen) atoms. The molecule has 0 N–H and O–H groups in total. The second-order valence-corrected chi connectivity index (χ2v) is 8.60. The van der Waals surface area contributed by atoms with E-state index in [4.69, 9.17) is 9.15 Å². The number of fused-ring (bicyclic) bond motifs is 6. The third-order valence-corrected chi connectivity index (χ3v) is 6.15. The topological polar surface area (TPSA) is 73.6 Å². The van der Waals surface area contributed by atoms with Crippen LogP contribution in [-0.2, 0) is 14.4 Å². The highest BCUT2D eigenvalue weighted by Crippen LogP contribution is 2.59. The van der Waals surface area contributed by atoms with Crippen LogP contribution in [0.2, 0.25) is 0 Å². The Kier molecular flexibility index (Phi) is 3.39. The van der Waals surface area contributed by atoms with Crippen molar-refractivity contribution in [1.82, 2.24) is 0 Å². The maximum Gasteiger partial charge on any atom is 0.308 e. The van der Waals surface area contributed by atoms with E-state index in [-0.39, 0.29) is 29.3 Å². The Bertz CT molecular complexity index is 1160. The summed E-state index contributed by atoms with van der Waals surface area (Å²) in [6.07, 6.45) is 6.38. The van der Waals surface area contributed by atoms with Crippen molar-refractivity contribution in [2.45, 2.75) is 46.0 Å². The van der Waals surface area contributed by atoms with Crippen molar-refractivity contribution in [2.24, 2.45) is 5.41 Å². The van der Waals surface area contributed by atoms with Crippen LogP contribution in [0, 0.1) is 5.41 Å². The quantitative estimate of drug-likeness (QED) is 0.416. The molecule has 1 aromatic carbocycles. The Hall–Kier alpha value is -2.95. The number of carbonyl (C=O) groups excluding carboxylic acids is 3. The number of hydrogen-bond donors (Lipinski definition) is 0. The number of hydrogen-bond acceptors (Lipinski definition) is 5. The smallest absolute Gasteiger partial charge is 0.308 e. The van der Waals surface area contributed by atoms with Gasteiger partial charge in [-0.2, -0.15) is 0 Å². The minimum absolute atomic E-state index is 0.00711. The molecule has 2 aromatic rings. The molecule has 5 nitrogen and oxygen atoms in total. The number of allylic oxidation sites excluding steroid dienone is 3. The Balaban J connectivity index is 1.83. The van der Waals surface area contributed by atoms with E-state index in [0.717, 1.165) is 38.6 Å². The largest absolute Gasteiger partial charge is 0.471 e. The number of benzene rings is 1. The first-order valence-electron chi connectivity index (χ1n) is 9.46. The van der Waals surface area contributed by atoms with Crippen molar-refractivity contribution in [2.75, 3.05) is 0 Å². The molecule has 0 aliphatic heterocycles. The van der Waals surface area contributed by atoms with Crippen LogP contribution < -0.4 is 4.74 Å². The molecule has 3 aliphatic rings. The molecule has 0 radical (unpaired) electrons. The first kappa shape index (κ1) is 17.2. The SMILES string of the molecule is CC(=O)Oc1cc2cocc2c2c1C=C1C2C2=C(CC(=O)CC2=O)CC1(C)C. The summed E-state index contributed by atoms with van der Waals surface area (Å²) in [4.78, 5) is 36.7. The first-order chi connectivity index (χ1) is 13.3. The molecule has 0 bridgehead atoms. The summed E-state index contributed by atoms with van der Waals surface area (Å²) in [6.45, 7) is 5.66. The van der Waals surface area contributed by atoms with Crippen molar-refractivity contribution in [3.63, 3.8) is 0 Å². The molecule has 0 fully saturated rings. The van der Waals surface area contributed by atoms with Gasteiger partial charge in [0.05, 0.1) is 18.9 Å². The van der Waals surface area contributed by atoms with E-state index in [2.05, 4.69) is 19.9 Å². The lowest BCUT2D eigenvalue weighted by atomic mass is 9.62. The molecule has 0 amide bonds. The third-order valence-electron chi connectivity index (χ3n) is 6.15.